The van der Waals surface area contributed by atoms with Crippen molar-refractivity contribution in [3.63, 3.8) is 0 Å². The number of ether oxygens (including phenoxy) is 2. The van der Waals surface area contributed by atoms with Crippen LogP contribution in [0.3, 0.4) is 0 Å². The van der Waals surface area contributed by atoms with E-state index in [9.17, 15) is 4.79 Å². The molecular weight excluding hydrogens is 404 g/mol. The van der Waals surface area contributed by atoms with Crippen LogP contribution in [-0.2, 0) is 4.79 Å². The molecule has 0 unspecified atom stereocenters. The van der Waals surface area contributed by atoms with Gasteiger partial charge in [-0.05, 0) is 43.7 Å². The Hall–Kier alpha value is -3.61. The van der Waals surface area contributed by atoms with Crippen LogP contribution in [-0.4, -0.2) is 60.9 Å². The Labute approximate surface area is 188 Å². The van der Waals surface area contributed by atoms with E-state index < -0.39 is 0 Å². The number of carbonyl (C=O) groups is 1. The summed E-state index contributed by atoms with van der Waals surface area (Å²) >= 11 is 0. The lowest BCUT2D eigenvalue weighted by atomic mass is 10.0. The topological polar surface area (TPSA) is 67.8 Å². The SMILES string of the molecule is COc1cccc(OCC(=O)N2CCN(c3ccc(-c4ccc(C)cc4C)nn3)CC2)c1. The van der Waals surface area contributed by atoms with Crippen LogP contribution in [0.15, 0.2) is 54.6 Å². The van der Waals surface area contributed by atoms with Gasteiger partial charge >= 0.3 is 0 Å². The average molecular weight is 433 g/mol. The molecule has 1 aliphatic heterocycles. The summed E-state index contributed by atoms with van der Waals surface area (Å²) in [5, 5.41) is 8.88. The summed E-state index contributed by atoms with van der Waals surface area (Å²) < 4.78 is 10.8. The van der Waals surface area contributed by atoms with Crippen molar-refractivity contribution >= 4 is 11.7 Å². The summed E-state index contributed by atoms with van der Waals surface area (Å²) in [6, 6.07) is 17.6. The fourth-order valence-corrected chi connectivity index (χ4v) is 3.85. The second-order valence-corrected chi connectivity index (χ2v) is 7.93. The average Bonchev–Trinajstić information content (AvgIpc) is 2.83. The number of nitrogens with zero attached hydrogens (tertiary/aromatic N) is 4. The van der Waals surface area contributed by atoms with Crippen LogP contribution in [0.2, 0.25) is 0 Å². The van der Waals surface area contributed by atoms with Gasteiger partial charge in [0.25, 0.3) is 5.91 Å². The zero-order chi connectivity index (χ0) is 22.5. The summed E-state index contributed by atoms with van der Waals surface area (Å²) in [6.07, 6.45) is 0. The van der Waals surface area contributed by atoms with E-state index in [1.807, 2.05) is 35.2 Å². The summed E-state index contributed by atoms with van der Waals surface area (Å²) in [5.41, 5.74) is 4.39. The quantitative estimate of drug-likeness (QED) is 0.594. The monoisotopic (exact) mass is 432 g/mol. The first kappa shape index (κ1) is 21.6. The molecule has 166 valence electrons. The van der Waals surface area contributed by atoms with Crippen LogP contribution >= 0.6 is 0 Å². The molecule has 0 N–H and O–H groups in total. The van der Waals surface area contributed by atoms with Gasteiger partial charge in [0, 0.05) is 37.8 Å². The molecule has 1 amide bonds. The maximum absolute atomic E-state index is 12.5. The van der Waals surface area contributed by atoms with Gasteiger partial charge in [-0.15, -0.1) is 10.2 Å². The van der Waals surface area contributed by atoms with Crippen molar-refractivity contribution in [2.24, 2.45) is 0 Å². The number of amides is 1. The summed E-state index contributed by atoms with van der Waals surface area (Å²) in [7, 11) is 1.60. The third-order valence-corrected chi connectivity index (χ3v) is 5.67. The van der Waals surface area contributed by atoms with E-state index in [0.29, 0.717) is 37.7 Å². The van der Waals surface area contributed by atoms with Crippen LogP contribution < -0.4 is 14.4 Å². The molecule has 4 rings (SSSR count). The molecule has 0 spiro atoms. The Morgan fingerprint density at radius 1 is 0.938 bits per heavy atom. The molecule has 1 aliphatic rings. The largest absolute Gasteiger partial charge is 0.497 e. The smallest absolute Gasteiger partial charge is 0.260 e. The normalized spacial score (nSPS) is 13.7. The minimum Gasteiger partial charge on any atom is -0.497 e. The highest BCUT2D eigenvalue weighted by Crippen LogP contribution is 2.24. The molecular formula is C25H28N4O3. The highest BCUT2D eigenvalue weighted by Gasteiger charge is 2.22. The molecule has 3 aromatic rings. The third kappa shape index (κ3) is 4.99. The van der Waals surface area contributed by atoms with Gasteiger partial charge in [0.05, 0.1) is 12.8 Å². The molecule has 0 bridgehead atoms. The lowest BCUT2D eigenvalue weighted by molar-refractivity contribution is -0.133. The van der Waals surface area contributed by atoms with Crippen LogP contribution in [0.1, 0.15) is 11.1 Å². The number of rotatable bonds is 6. The Morgan fingerprint density at radius 2 is 1.72 bits per heavy atom. The first-order valence-electron chi connectivity index (χ1n) is 10.7. The molecule has 7 nitrogen and oxygen atoms in total. The molecule has 2 aromatic carbocycles. The van der Waals surface area contributed by atoms with Gasteiger partial charge in [-0.1, -0.05) is 29.8 Å². The number of carbonyl (C=O) groups excluding carboxylic acids is 1. The number of methoxy groups -OCH3 is 1. The number of anilines is 1. The molecule has 0 saturated carbocycles. The Kier molecular flexibility index (Phi) is 6.54. The summed E-state index contributed by atoms with van der Waals surface area (Å²) in [6.45, 7) is 6.86. The van der Waals surface area contributed by atoms with Gasteiger partial charge < -0.3 is 19.3 Å². The highest BCUT2D eigenvalue weighted by atomic mass is 16.5. The molecule has 7 heteroatoms. The zero-order valence-electron chi connectivity index (χ0n) is 18.7. The predicted molar refractivity (Wildman–Crippen MR) is 124 cm³/mol. The lowest BCUT2D eigenvalue weighted by Gasteiger charge is -2.35. The van der Waals surface area contributed by atoms with Gasteiger partial charge in [0.2, 0.25) is 0 Å². The van der Waals surface area contributed by atoms with E-state index in [-0.39, 0.29) is 12.5 Å². The van der Waals surface area contributed by atoms with Crippen LogP contribution in [0.5, 0.6) is 11.5 Å². The molecule has 32 heavy (non-hydrogen) atoms. The minimum absolute atomic E-state index is 0.0115. The zero-order valence-corrected chi connectivity index (χ0v) is 18.7. The second-order valence-electron chi connectivity index (χ2n) is 7.93. The first-order chi connectivity index (χ1) is 15.5. The standard InChI is InChI=1S/C25H28N4O3/c1-18-7-8-22(19(2)15-18)23-9-10-24(27-26-23)28-11-13-29(14-12-28)25(30)17-32-21-6-4-5-20(16-21)31-3/h4-10,15-16H,11-14,17H2,1-3H3. The van der Waals surface area contributed by atoms with Crippen LogP contribution in [0.25, 0.3) is 11.3 Å². The number of hydrogen-bond acceptors (Lipinski definition) is 6. The van der Waals surface area contributed by atoms with E-state index in [0.717, 1.165) is 17.1 Å². The van der Waals surface area contributed by atoms with E-state index in [1.54, 1.807) is 13.2 Å². The summed E-state index contributed by atoms with van der Waals surface area (Å²) in [4.78, 5) is 16.5. The van der Waals surface area contributed by atoms with Crippen molar-refractivity contribution in [2.75, 3.05) is 44.8 Å². The van der Waals surface area contributed by atoms with Crippen molar-refractivity contribution < 1.29 is 14.3 Å². The second kappa shape index (κ2) is 9.68. The number of aromatic nitrogens is 2. The number of piperazine rings is 1. The molecule has 0 aliphatic carbocycles. The molecule has 1 saturated heterocycles. The Bertz CT molecular complexity index is 1080. The fraction of sp³-hybridized carbons (Fsp3) is 0.320. The van der Waals surface area contributed by atoms with Gasteiger partial charge in [0.15, 0.2) is 12.4 Å². The van der Waals surface area contributed by atoms with Crippen LogP contribution in [0.4, 0.5) is 5.82 Å². The molecule has 0 atom stereocenters. The molecule has 0 radical (unpaired) electrons. The van der Waals surface area contributed by atoms with Crippen molar-refractivity contribution in [2.45, 2.75) is 13.8 Å². The van der Waals surface area contributed by atoms with Crippen molar-refractivity contribution in [3.8, 4) is 22.8 Å². The van der Waals surface area contributed by atoms with Crippen molar-refractivity contribution in [1.29, 1.82) is 0 Å². The maximum Gasteiger partial charge on any atom is 0.260 e. The number of benzene rings is 2. The number of hydrogen-bond donors (Lipinski definition) is 0. The van der Waals surface area contributed by atoms with E-state index in [2.05, 4.69) is 47.1 Å². The van der Waals surface area contributed by atoms with Gasteiger partial charge in [0.1, 0.15) is 11.5 Å². The van der Waals surface area contributed by atoms with Crippen molar-refractivity contribution in [1.82, 2.24) is 15.1 Å². The lowest BCUT2D eigenvalue weighted by Crippen LogP contribution is -2.50. The van der Waals surface area contributed by atoms with Crippen molar-refractivity contribution in [3.05, 3.63) is 65.7 Å². The molecule has 2 heterocycles. The summed E-state index contributed by atoms with van der Waals surface area (Å²) in [5.74, 6) is 2.13. The third-order valence-electron chi connectivity index (χ3n) is 5.67. The molecule has 1 aromatic heterocycles. The Morgan fingerprint density at radius 3 is 2.41 bits per heavy atom. The van der Waals surface area contributed by atoms with Gasteiger partial charge in [-0.25, -0.2) is 0 Å². The predicted octanol–water partition coefficient (Wildman–Crippen LogP) is 3.50. The highest BCUT2D eigenvalue weighted by molar-refractivity contribution is 5.78. The fourth-order valence-electron chi connectivity index (χ4n) is 3.85. The molecule has 1 fully saturated rings. The van der Waals surface area contributed by atoms with Gasteiger partial charge in [-0.3, -0.25) is 4.79 Å². The van der Waals surface area contributed by atoms with Crippen LogP contribution in [0, 0.1) is 13.8 Å². The first-order valence-corrected chi connectivity index (χ1v) is 10.7. The van der Waals surface area contributed by atoms with E-state index in [1.165, 1.54) is 11.1 Å². The number of aryl methyl sites for hydroxylation is 2. The van der Waals surface area contributed by atoms with E-state index in [4.69, 9.17) is 9.47 Å². The van der Waals surface area contributed by atoms with E-state index >= 15 is 0 Å². The van der Waals surface area contributed by atoms with Gasteiger partial charge in [-0.2, -0.15) is 0 Å². The Balaban J connectivity index is 1.30. The maximum atomic E-state index is 12.5. The minimum atomic E-state index is -0.0243.